The van der Waals surface area contributed by atoms with Crippen molar-refractivity contribution < 1.29 is 9.94 Å². The van der Waals surface area contributed by atoms with Crippen LogP contribution in [0, 0.1) is 6.92 Å². The molecule has 1 aliphatic heterocycles. The summed E-state index contributed by atoms with van der Waals surface area (Å²) >= 11 is 0. The van der Waals surface area contributed by atoms with E-state index in [-0.39, 0.29) is 12.1 Å². The van der Waals surface area contributed by atoms with Crippen LogP contribution < -0.4 is 10.3 Å². The van der Waals surface area contributed by atoms with E-state index in [0.29, 0.717) is 6.04 Å². The summed E-state index contributed by atoms with van der Waals surface area (Å²) in [7, 11) is 0. The first kappa shape index (κ1) is 20.9. The van der Waals surface area contributed by atoms with E-state index in [9.17, 15) is 5.11 Å². The van der Waals surface area contributed by atoms with Crippen LogP contribution in [0.2, 0.25) is 0 Å². The topological polar surface area (TPSA) is 60.5 Å². The SMILES string of the molecule is Cc1cc(ONC(C)(C)C)cc(-c2ccc3[nH]c(CN4CCCC4CO)cc3c2)c1. The number of aliphatic hydroxyl groups excluding tert-OH is 1. The molecule has 1 aromatic heterocycles. The highest BCUT2D eigenvalue weighted by Crippen LogP contribution is 2.30. The number of nitrogens with one attached hydrogen (secondary N) is 2. The molecule has 5 nitrogen and oxygen atoms in total. The Kier molecular flexibility index (Phi) is 5.87. The number of hydrogen-bond acceptors (Lipinski definition) is 4. The van der Waals surface area contributed by atoms with E-state index < -0.39 is 0 Å². The van der Waals surface area contributed by atoms with Gasteiger partial charge >= 0.3 is 0 Å². The lowest BCUT2D eigenvalue weighted by atomic mass is 10.0. The molecule has 1 saturated heterocycles. The van der Waals surface area contributed by atoms with Gasteiger partial charge in [0.2, 0.25) is 0 Å². The predicted molar refractivity (Wildman–Crippen MR) is 123 cm³/mol. The first-order valence-corrected chi connectivity index (χ1v) is 10.8. The molecule has 1 atom stereocenters. The first-order valence-electron chi connectivity index (χ1n) is 10.8. The minimum atomic E-state index is -0.116. The van der Waals surface area contributed by atoms with Crippen molar-refractivity contribution >= 4 is 10.9 Å². The monoisotopic (exact) mass is 407 g/mol. The third-order valence-corrected chi connectivity index (χ3v) is 5.62. The van der Waals surface area contributed by atoms with Crippen LogP contribution in [-0.4, -0.2) is 39.7 Å². The molecule has 1 aliphatic rings. The highest BCUT2D eigenvalue weighted by molar-refractivity contribution is 5.86. The molecule has 30 heavy (non-hydrogen) atoms. The number of rotatable bonds is 6. The van der Waals surface area contributed by atoms with Crippen molar-refractivity contribution in [3.05, 3.63) is 53.7 Å². The summed E-state index contributed by atoms with van der Waals surface area (Å²) in [4.78, 5) is 11.7. The Morgan fingerprint density at radius 3 is 2.73 bits per heavy atom. The first-order chi connectivity index (χ1) is 14.3. The van der Waals surface area contributed by atoms with E-state index in [1.165, 1.54) is 16.6 Å². The number of aryl methyl sites for hydroxylation is 1. The zero-order valence-corrected chi connectivity index (χ0v) is 18.5. The summed E-state index contributed by atoms with van der Waals surface area (Å²) in [6, 6.07) is 15.4. The second-order valence-electron chi connectivity index (χ2n) is 9.53. The molecule has 0 radical (unpaired) electrons. The van der Waals surface area contributed by atoms with Gasteiger partial charge < -0.3 is 14.9 Å². The maximum atomic E-state index is 9.58. The molecule has 5 heteroatoms. The van der Waals surface area contributed by atoms with E-state index in [0.717, 1.165) is 48.3 Å². The summed E-state index contributed by atoms with van der Waals surface area (Å²) in [6.07, 6.45) is 2.25. The van der Waals surface area contributed by atoms with Gasteiger partial charge in [0.1, 0.15) is 5.75 Å². The zero-order chi connectivity index (χ0) is 21.3. The quantitative estimate of drug-likeness (QED) is 0.515. The van der Waals surface area contributed by atoms with Gasteiger partial charge in [-0.1, -0.05) is 12.1 Å². The van der Waals surface area contributed by atoms with Crippen molar-refractivity contribution in [1.29, 1.82) is 0 Å². The van der Waals surface area contributed by atoms with Crippen molar-refractivity contribution in [3.63, 3.8) is 0 Å². The van der Waals surface area contributed by atoms with Crippen LogP contribution in [0.15, 0.2) is 42.5 Å². The van der Waals surface area contributed by atoms with Crippen LogP contribution >= 0.6 is 0 Å². The fraction of sp³-hybridized carbons (Fsp3) is 0.440. The molecule has 1 unspecified atom stereocenters. The van der Waals surface area contributed by atoms with Crippen molar-refractivity contribution in [3.8, 4) is 16.9 Å². The smallest absolute Gasteiger partial charge is 0.148 e. The predicted octanol–water partition coefficient (Wildman–Crippen LogP) is 4.78. The van der Waals surface area contributed by atoms with Crippen molar-refractivity contribution in [2.75, 3.05) is 13.2 Å². The lowest BCUT2D eigenvalue weighted by Gasteiger charge is -2.21. The van der Waals surface area contributed by atoms with Gasteiger partial charge in [0.05, 0.1) is 6.61 Å². The molecule has 2 aromatic carbocycles. The van der Waals surface area contributed by atoms with E-state index >= 15 is 0 Å². The number of aromatic amines is 1. The average Bonchev–Trinajstić information content (AvgIpc) is 3.30. The van der Waals surface area contributed by atoms with Crippen LogP contribution in [-0.2, 0) is 6.54 Å². The Balaban J connectivity index is 1.57. The third kappa shape index (κ3) is 4.86. The lowest BCUT2D eigenvalue weighted by molar-refractivity contribution is 0.119. The number of likely N-dealkylation sites (tertiary alicyclic amines) is 1. The van der Waals surface area contributed by atoms with Crippen LogP contribution in [0.5, 0.6) is 5.75 Å². The summed E-state index contributed by atoms with van der Waals surface area (Å²) < 4.78 is 0. The molecule has 3 N–H and O–H groups in total. The van der Waals surface area contributed by atoms with E-state index in [2.05, 4.69) is 79.5 Å². The highest BCUT2D eigenvalue weighted by Gasteiger charge is 2.24. The molecule has 1 fully saturated rings. The largest absolute Gasteiger partial charge is 0.408 e. The van der Waals surface area contributed by atoms with E-state index in [1.807, 2.05) is 6.07 Å². The van der Waals surface area contributed by atoms with E-state index in [4.69, 9.17) is 4.84 Å². The zero-order valence-electron chi connectivity index (χ0n) is 18.5. The number of benzene rings is 2. The van der Waals surface area contributed by atoms with Crippen molar-refractivity contribution in [1.82, 2.24) is 15.4 Å². The number of hydroxylamine groups is 1. The molecule has 0 spiro atoms. The third-order valence-electron chi connectivity index (χ3n) is 5.62. The van der Waals surface area contributed by atoms with Gasteiger partial charge in [-0.2, -0.15) is 5.48 Å². The van der Waals surface area contributed by atoms with Gasteiger partial charge in [-0.15, -0.1) is 0 Å². The summed E-state index contributed by atoms with van der Waals surface area (Å²) in [5.74, 6) is 0.818. The summed E-state index contributed by atoms with van der Waals surface area (Å²) in [5.41, 5.74) is 8.80. The van der Waals surface area contributed by atoms with Gasteiger partial charge in [0.25, 0.3) is 0 Å². The van der Waals surface area contributed by atoms with Crippen molar-refractivity contribution in [2.24, 2.45) is 0 Å². The average molecular weight is 408 g/mol. The second-order valence-corrected chi connectivity index (χ2v) is 9.53. The number of fused-ring (bicyclic) bond motifs is 1. The highest BCUT2D eigenvalue weighted by atomic mass is 16.6. The maximum Gasteiger partial charge on any atom is 0.148 e. The standard InChI is InChI=1S/C25H33N3O2/c1-17-10-19(14-23(11-17)30-27-25(2,3)4)18-7-8-24-20(12-18)13-21(26-24)15-28-9-5-6-22(28)16-29/h7-8,10-14,22,26-27,29H,5-6,9,15-16H2,1-4H3. The fourth-order valence-corrected chi connectivity index (χ4v) is 4.17. The minimum absolute atomic E-state index is 0.116. The van der Waals surface area contributed by atoms with Gasteiger partial charge in [-0.05, 0) is 94.1 Å². The summed E-state index contributed by atoms with van der Waals surface area (Å²) in [6.45, 7) is 10.5. The minimum Gasteiger partial charge on any atom is -0.408 e. The number of nitrogens with zero attached hydrogens (tertiary/aromatic N) is 1. The number of aliphatic hydroxyl groups is 1. The Labute approximate surface area is 179 Å². The Morgan fingerprint density at radius 1 is 1.13 bits per heavy atom. The van der Waals surface area contributed by atoms with Gasteiger partial charge in [-0.25, -0.2) is 0 Å². The maximum absolute atomic E-state index is 9.58. The molecule has 2 heterocycles. The van der Waals surface area contributed by atoms with Crippen LogP contribution in [0.3, 0.4) is 0 Å². The normalized spacial score (nSPS) is 17.7. The van der Waals surface area contributed by atoms with Crippen LogP contribution in [0.4, 0.5) is 0 Å². The molecule has 0 aliphatic carbocycles. The van der Waals surface area contributed by atoms with Gasteiger partial charge in [0, 0.05) is 34.7 Å². The molecule has 0 saturated carbocycles. The molecule has 3 aromatic rings. The second kappa shape index (κ2) is 8.42. The molecular weight excluding hydrogens is 374 g/mol. The fourth-order valence-electron chi connectivity index (χ4n) is 4.17. The Bertz CT molecular complexity index is 1020. The Hall–Kier alpha value is -2.34. The number of hydrogen-bond donors (Lipinski definition) is 3. The lowest BCUT2D eigenvalue weighted by Crippen LogP contribution is -2.38. The molecule has 160 valence electrons. The molecule has 0 amide bonds. The molecular formula is C25H33N3O2. The number of aromatic nitrogens is 1. The molecule has 0 bridgehead atoms. The van der Waals surface area contributed by atoms with Crippen molar-refractivity contribution in [2.45, 2.75) is 58.7 Å². The molecule has 4 rings (SSSR count). The Morgan fingerprint density at radius 2 is 1.97 bits per heavy atom. The summed E-state index contributed by atoms with van der Waals surface area (Å²) in [5, 5.41) is 10.8. The van der Waals surface area contributed by atoms with Crippen LogP contribution in [0.25, 0.3) is 22.0 Å². The van der Waals surface area contributed by atoms with Gasteiger partial charge in [0.15, 0.2) is 0 Å². The van der Waals surface area contributed by atoms with E-state index in [1.54, 1.807) is 0 Å². The number of H-pyrrole nitrogens is 1. The van der Waals surface area contributed by atoms with Crippen LogP contribution in [0.1, 0.15) is 44.9 Å². The van der Waals surface area contributed by atoms with Gasteiger partial charge in [-0.3, -0.25) is 4.90 Å².